The Balaban J connectivity index is 1.35. The van der Waals surface area contributed by atoms with Crippen LogP contribution in [0, 0.1) is 0 Å². The second-order valence-corrected chi connectivity index (χ2v) is 6.84. The summed E-state index contributed by atoms with van der Waals surface area (Å²) >= 11 is 0. The van der Waals surface area contributed by atoms with Crippen LogP contribution in [0.5, 0.6) is 11.5 Å². The summed E-state index contributed by atoms with van der Waals surface area (Å²) < 4.78 is 11.0. The van der Waals surface area contributed by atoms with Gasteiger partial charge in [-0.2, -0.15) is 0 Å². The van der Waals surface area contributed by atoms with E-state index in [1.807, 2.05) is 0 Å². The summed E-state index contributed by atoms with van der Waals surface area (Å²) in [6.45, 7) is 1.73. The number of nitrogens with one attached hydrogen (secondary N) is 1. The van der Waals surface area contributed by atoms with Crippen molar-refractivity contribution in [2.75, 3.05) is 19.8 Å². The van der Waals surface area contributed by atoms with Crippen LogP contribution >= 0.6 is 0 Å². The van der Waals surface area contributed by atoms with Crippen LogP contribution in [-0.4, -0.2) is 31.4 Å². The molecule has 1 heterocycles. The Kier molecular flexibility index (Phi) is 6.69. The van der Waals surface area contributed by atoms with E-state index >= 15 is 0 Å². The number of rotatable bonds is 8. The SMILES string of the molecule is O=C(CCCC(=O)c1ccc2c(c1)OCCO2)NCCC1=CCCCC1. The maximum atomic E-state index is 12.3. The molecule has 0 radical (unpaired) electrons. The summed E-state index contributed by atoms with van der Waals surface area (Å²) in [4.78, 5) is 24.2. The first-order chi connectivity index (χ1) is 12.7. The molecular formula is C21H27NO4. The van der Waals surface area contributed by atoms with Crippen LogP contribution in [0.4, 0.5) is 0 Å². The summed E-state index contributed by atoms with van der Waals surface area (Å²) in [5.74, 6) is 1.36. The molecule has 0 unspecified atom stereocenters. The van der Waals surface area contributed by atoms with Crippen LogP contribution in [0.15, 0.2) is 29.8 Å². The molecule has 26 heavy (non-hydrogen) atoms. The Morgan fingerprint density at radius 2 is 1.88 bits per heavy atom. The molecule has 0 saturated carbocycles. The van der Waals surface area contributed by atoms with E-state index in [0.717, 1.165) is 6.42 Å². The number of carbonyl (C=O) groups is 2. The van der Waals surface area contributed by atoms with Crippen molar-refractivity contribution in [1.82, 2.24) is 5.32 Å². The number of hydrogen-bond donors (Lipinski definition) is 1. The predicted octanol–water partition coefficient (Wildman–Crippen LogP) is 3.82. The lowest BCUT2D eigenvalue weighted by Crippen LogP contribution is -2.24. The third kappa shape index (κ3) is 5.35. The molecule has 0 atom stereocenters. The molecule has 5 heteroatoms. The van der Waals surface area contributed by atoms with Gasteiger partial charge in [-0.1, -0.05) is 11.6 Å². The van der Waals surface area contributed by atoms with Crippen molar-refractivity contribution in [2.45, 2.75) is 51.4 Å². The highest BCUT2D eigenvalue weighted by Crippen LogP contribution is 2.31. The van der Waals surface area contributed by atoms with Crippen LogP contribution in [-0.2, 0) is 4.79 Å². The van der Waals surface area contributed by atoms with Crippen LogP contribution in [0.3, 0.4) is 0 Å². The maximum absolute atomic E-state index is 12.3. The van der Waals surface area contributed by atoms with Gasteiger partial charge >= 0.3 is 0 Å². The summed E-state index contributed by atoms with van der Waals surface area (Å²) in [5, 5.41) is 2.96. The second-order valence-electron chi connectivity index (χ2n) is 6.84. The quantitative estimate of drug-likeness (QED) is 0.567. The van der Waals surface area contributed by atoms with Gasteiger partial charge in [-0.3, -0.25) is 9.59 Å². The zero-order valence-corrected chi connectivity index (χ0v) is 15.2. The summed E-state index contributed by atoms with van der Waals surface area (Å²) in [6, 6.07) is 5.26. The standard InChI is InChI=1S/C21H27NO4/c23-18(17-9-10-19-20(15-17)26-14-13-25-19)7-4-8-21(24)22-12-11-16-5-2-1-3-6-16/h5,9-10,15H,1-4,6-8,11-14H2,(H,22,24). The Hall–Kier alpha value is -2.30. The van der Waals surface area contributed by atoms with E-state index in [9.17, 15) is 9.59 Å². The highest BCUT2D eigenvalue weighted by molar-refractivity contribution is 5.96. The summed E-state index contributed by atoms with van der Waals surface area (Å²) in [7, 11) is 0. The van der Waals surface area contributed by atoms with Gasteiger partial charge in [0.2, 0.25) is 5.91 Å². The highest BCUT2D eigenvalue weighted by Gasteiger charge is 2.15. The fourth-order valence-electron chi connectivity index (χ4n) is 3.35. The van der Waals surface area contributed by atoms with E-state index < -0.39 is 0 Å². The van der Waals surface area contributed by atoms with E-state index in [1.165, 1.54) is 31.3 Å². The first kappa shape index (κ1) is 18.5. The third-order valence-electron chi connectivity index (χ3n) is 4.83. The number of allylic oxidation sites excluding steroid dienone is 1. The molecule has 0 saturated heterocycles. The molecule has 0 spiro atoms. The fraction of sp³-hybridized carbons (Fsp3) is 0.524. The number of ether oxygens (including phenoxy) is 2. The predicted molar refractivity (Wildman–Crippen MR) is 99.8 cm³/mol. The molecule has 1 N–H and O–H groups in total. The lowest BCUT2D eigenvalue weighted by atomic mass is 9.97. The average Bonchev–Trinajstić information content (AvgIpc) is 2.68. The number of hydrogen-bond acceptors (Lipinski definition) is 4. The zero-order chi connectivity index (χ0) is 18.2. The van der Waals surface area contributed by atoms with Crippen molar-refractivity contribution >= 4 is 11.7 Å². The van der Waals surface area contributed by atoms with Crippen LogP contribution in [0.25, 0.3) is 0 Å². The van der Waals surface area contributed by atoms with E-state index in [4.69, 9.17) is 9.47 Å². The monoisotopic (exact) mass is 357 g/mol. The first-order valence-electron chi connectivity index (χ1n) is 9.60. The van der Waals surface area contributed by atoms with Crippen molar-refractivity contribution in [3.63, 3.8) is 0 Å². The molecule has 3 rings (SSSR count). The molecule has 1 amide bonds. The largest absolute Gasteiger partial charge is 0.486 e. The number of benzene rings is 1. The smallest absolute Gasteiger partial charge is 0.220 e. The van der Waals surface area contributed by atoms with Gasteiger partial charge < -0.3 is 14.8 Å². The van der Waals surface area contributed by atoms with Gasteiger partial charge in [0.15, 0.2) is 17.3 Å². The Morgan fingerprint density at radius 1 is 1.04 bits per heavy atom. The number of fused-ring (bicyclic) bond motifs is 1. The molecule has 2 aliphatic rings. The number of Topliss-reactive ketones (excluding diaryl/α,β-unsaturated/α-hetero) is 1. The van der Waals surface area contributed by atoms with E-state index in [2.05, 4.69) is 11.4 Å². The molecule has 1 aliphatic heterocycles. The van der Waals surface area contributed by atoms with Gasteiger partial charge in [-0.15, -0.1) is 0 Å². The molecule has 1 aromatic rings. The molecule has 1 aromatic carbocycles. The van der Waals surface area contributed by atoms with Gasteiger partial charge in [-0.05, 0) is 56.7 Å². The minimum absolute atomic E-state index is 0.0244. The Morgan fingerprint density at radius 3 is 2.69 bits per heavy atom. The van der Waals surface area contributed by atoms with Gasteiger partial charge in [0.25, 0.3) is 0 Å². The minimum atomic E-state index is 0.0244. The van der Waals surface area contributed by atoms with E-state index in [1.54, 1.807) is 18.2 Å². The average molecular weight is 357 g/mol. The van der Waals surface area contributed by atoms with E-state index in [-0.39, 0.29) is 11.7 Å². The highest BCUT2D eigenvalue weighted by atomic mass is 16.6. The van der Waals surface area contributed by atoms with Crippen molar-refractivity contribution in [3.8, 4) is 11.5 Å². The molecule has 0 aromatic heterocycles. The summed E-state index contributed by atoms with van der Waals surface area (Å²) in [6.07, 6.45) is 9.44. The molecule has 0 fully saturated rings. The first-order valence-corrected chi connectivity index (χ1v) is 9.60. The van der Waals surface area contributed by atoms with Crippen molar-refractivity contribution < 1.29 is 19.1 Å². The van der Waals surface area contributed by atoms with E-state index in [0.29, 0.717) is 56.1 Å². The second kappa shape index (κ2) is 9.41. The number of ketones is 1. The van der Waals surface area contributed by atoms with Crippen LogP contribution in [0.2, 0.25) is 0 Å². The molecule has 140 valence electrons. The molecular weight excluding hydrogens is 330 g/mol. The molecule has 0 bridgehead atoms. The Labute approximate surface area is 154 Å². The van der Waals surface area contributed by atoms with Gasteiger partial charge in [-0.25, -0.2) is 0 Å². The van der Waals surface area contributed by atoms with Crippen molar-refractivity contribution in [2.24, 2.45) is 0 Å². The maximum Gasteiger partial charge on any atom is 0.220 e. The third-order valence-corrected chi connectivity index (χ3v) is 4.83. The topological polar surface area (TPSA) is 64.6 Å². The van der Waals surface area contributed by atoms with Crippen molar-refractivity contribution in [3.05, 3.63) is 35.4 Å². The van der Waals surface area contributed by atoms with Crippen LogP contribution < -0.4 is 14.8 Å². The molecule has 1 aliphatic carbocycles. The number of carbonyl (C=O) groups excluding carboxylic acids is 2. The van der Waals surface area contributed by atoms with Crippen molar-refractivity contribution in [1.29, 1.82) is 0 Å². The minimum Gasteiger partial charge on any atom is -0.486 e. The van der Waals surface area contributed by atoms with Crippen LogP contribution in [0.1, 0.15) is 61.7 Å². The normalized spacial score (nSPS) is 15.9. The molecule has 5 nitrogen and oxygen atoms in total. The lowest BCUT2D eigenvalue weighted by Gasteiger charge is -2.18. The van der Waals surface area contributed by atoms with Gasteiger partial charge in [0.1, 0.15) is 13.2 Å². The Bertz CT molecular complexity index is 681. The fourth-order valence-corrected chi connectivity index (χ4v) is 3.35. The lowest BCUT2D eigenvalue weighted by molar-refractivity contribution is -0.121. The number of amides is 1. The van der Waals surface area contributed by atoms with Gasteiger partial charge in [0, 0.05) is 24.9 Å². The van der Waals surface area contributed by atoms with Gasteiger partial charge in [0.05, 0.1) is 0 Å². The zero-order valence-electron chi connectivity index (χ0n) is 15.2. The summed E-state index contributed by atoms with van der Waals surface area (Å²) in [5.41, 5.74) is 2.07.